The van der Waals surface area contributed by atoms with Gasteiger partial charge in [0, 0.05) is 18.9 Å². The molecule has 0 unspecified atom stereocenters. The van der Waals surface area contributed by atoms with Crippen molar-refractivity contribution in [1.82, 2.24) is 5.32 Å². The van der Waals surface area contributed by atoms with Gasteiger partial charge in [-0.1, -0.05) is 72.8 Å². The van der Waals surface area contributed by atoms with Crippen LogP contribution in [0.2, 0.25) is 0 Å². The molecular formula is C31H35NO3. The van der Waals surface area contributed by atoms with Gasteiger partial charge in [0.15, 0.2) is 0 Å². The molecule has 4 nitrogen and oxygen atoms in total. The van der Waals surface area contributed by atoms with Gasteiger partial charge in [-0.05, 0) is 66.9 Å². The molecule has 0 saturated heterocycles. The molecule has 1 heterocycles. The van der Waals surface area contributed by atoms with Crippen molar-refractivity contribution in [3.05, 3.63) is 113 Å². The Balaban J connectivity index is 0.000000210. The van der Waals surface area contributed by atoms with Crippen LogP contribution in [0.1, 0.15) is 59.3 Å². The van der Waals surface area contributed by atoms with E-state index in [2.05, 4.69) is 66.8 Å². The molecule has 0 amide bonds. The Hall–Kier alpha value is -3.63. The van der Waals surface area contributed by atoms with Gasteiger partial charge in [0.05, 0.1) is 19.3 Å². The first-order valence-electron chi connectivity index (χ1n) is 12.1. The molecule has 0 aliphatic carbocycles. The molecule has 0 fully saturated rings. The summed E-state index contributed by atoms with van der Waals surface area (Å²) in [5, 5.41) is 5.93. The van der Waals surface area contributed by atoms with E-state index in [9.17, 15) is 4.79 Å². The lowest BCUT2D eigenvalue weighted by Gasteiger charge is -2.26. The quantitative estimate of drug-likeness (QED) is 0.325. The molecule has 4 heteroatoms. The zero-order chi connectivity index (χ0) is 24.8. The van der Waals surface area contributed by atoms with Gasteiger partial charge in [0.2, 0.25) is 0 Å². The smallest absolute Gasteiger partial charge is 0.338 e. The molecule has 4 aromatic carbocycles. The minimum absolute atomic E-state index is 0. The van der Waals surface area contributed by atoms with Gasteiger partial charge >= 0.3 is 5.97 Å². The molecule has 2 atom stereocenters. The number of para-hydroxylation sites is 1. The van der Waals surface area contributed by atoms with Gasteiger partial charge in [-0.25, -0.2) is 4.79 Å². The molecule has 0 saturated carbocycles. The van der Waals surface area contributed by atoms with E-state index in [4.69, 9.17) is 9.47 Å². The van der Waals surface area contributed by atoms with E-state index < -0.39 is 0 Å². The molecule has 35 heavy (non-hydrogen) atoms. The van der Waals surface area contributed by atoms with Crippen LogP contribution < -0.4 is 10.1 Å². The van der Waals surface area contributed by atoms with Crippen molar-refractivity contribution in [2.45, 2.75) is 32.2 Å². The Morgan fingerprint density at radius 1 is 1.03 bits per heavy atom. The standard InChI is InChI=1S/C18H18O3.C13H15N.H2/c1-12-7-8-13(11-16(12)18(19)20-2)14-9-10-21-17-6-4-3-5-15(14)17;1-10(14-2)12-9-5-7-11-6-3-4-8-13(11)12;/h3-8,11,14H,9-10H2,1-2H3;3-10,14H,1-2H3;1H/t14-;10-;/m11./s1. The highest BCUT2D eigenvalue weighted by atomic mass is 16.5. The third-order valence-corrected chi connectivity index (χ3v) is 6.75. The first-order chi connectivity index (χ1) is 17.0. The highest BCUT2D eigenvalue weighted by Gasteiger charge is 2.24. The van der Waals surface area contributed by atoms with E-state index in [0.29, 0.717) is 18.2 Å². The lowest BCUT2D eigenvalue weighted by molar-refractivity contribution is 0.0599. The Morgan fingerprint density at radius 3 is 2.57 bits per heavy atom. The van der Waals surface area contributed by atoms with Crippen molar-refractivity contribution in [3.63, 3.8) is 0 Å². The highest BCUT2D eigenvalue weighted by Crippen LogP contribution is 2.38. The Kier molecular flexibility index (Phi) is 7.84. The van der Waals surface area contributed by atoms with Gasteiger partial charge in [0.1, 0.15) is 5.75 Å². The van der Waals surface area contributed by atoms with Crippen LogP contribution >= 0.6 is 0 Å². The first-order valence-corrected chi connectivity index (χ1v) is 12.1. The van der Waals surface area contributed by atoms with Crippen molar-refractivity contribution in [2.75, 3.05) is 20.8 Å². The number of ether oxygens (including phenoxy) is 2. The summed E-state index contributed by atoms with van der Waals surface area (Å²) in [7, 11) is 3.41. The number of carbonyl (C=O) groups excluding carboxylic acids is 1. The summed E-state index contributed by atoms with van der Waals surface area (Å²) in [4.78, 5) is 11.9. The van der Waals surface area contributed by atoms with Crippen molar-refractivity contribution >= 4 is 16.7 Å². The van der Waals surface area contributed by atoms with Crippen LogP contribution in [0.3, 0.4) is 0 Å². The van der Waals surface area contributed by atoms with E-state index in [-0.39, 0.29) is 13.3 Å². The van der Waals surface area contributed by atoms with Crippen molar-refractivity contribution in [1.29, 1.82) is 0 Å². The van der Waals surface area contributed by atoms with E-state index in [0.717, 1.165) is 23.3 Å². The summed E-state index contributed by atoms with van der Waals surface area (Å²) in [5.74, 6) is 0.919. The Labute approximate surface area is 209 Å². The van der Waals surface area contributed by atoms with E-state index >= 15 is 0 Å². The molecule has 0 bridgehead atoms. The van der Waals surface area contributed by atoms with Crippen LogP contribution in [0.25, 0.3) is 10.8 Å². The van der Waals surface area contributed by atoms with Crippen molar-refractivity contribution < 1.29 is 15.7 Å². The van der Waals surface area contributed by atoms with Gasteiger partial charge in [-0.2, -0.15) is 0 Å². The average Bonchev–Trinajstić information content (AvgIpc) is 2.92. The maximum atomic E-state index is 11.9. The number of benzene rings is 4. The third kappa shape index (κ3) is 5.39. The Bertz CT molecular complexity index is 1310. The minimum Gasteiger partial charge on any atom is -0.493 e. The van der Waals surface area contributed by atoms with Crippen LogP contribution in [0, 0.1) is 6.92 Å². The van der Waals surface area contributed by atoms with Crippen LogP contribution in [-0.2, 0) is 4.74 Å². The molecule has 1 N–H and O–H groups in total. The number of carbonyl (C=O) groups is 1. The Morgan fingerprint density at radius 2 is 1.77 bits per heavy atom. The maximum absolute atomic E-state index is 11.9. The molecule has 1 aliphatic heterocycles. The summed E-state index contributed by atoms with van der Waals surface area (Å²) in [6.45, 7) is 4.80. The summed E-state index contributed by atoms with van der Waals surface area (Å²) in [6, 6.07) is 29.5. The van der Waals surface area contributed by atoms with Gasteiger partial charge in [-0.15, -0.1) is 0 Å². The third-order valence-electron chi connectivity index (χ3n) is 6.75. The zero-order valence-electron chi connectivity index (χ0n) is 20.9. The van der Waals surface area contributed by atoms with Crippen molar-refractivity contribution in [2.24, 2.45) is 0 Å². The second-order valence-corrected chi connectivity index (χ2v) is 8.87. The summed E-state index contributed by atoms with van der Waals surface area (Å²) in [5.41, 5.74) is 5.26. The number of hydrogen-bond donors (Lipinski definition) is 1. The van der Waals surface area contributed by atoms with Crippen LogP contribution in [0.15, 0.2) is 84.9 Å². The summed E-state index contributed by atoms with van der Waals surface area (Å²) in [6.07, 6.45) is 0.917. The predicted octanol–water partition coefficient (Wildman–Crippen LogP) is 7.06. The zero-order valence-corrected chi connectivity index (χ0v) is 20.9. The number of methoxy groups -OCH3 is 1. The molecule has 0 spiro atoms. The maximum Gasteiger partial charge on any atom is 0.338 e. The van der Waals surface area contributed by atoms with Gasteiger partial charge in [0.25, 0.3) is 0 Å². The first kappa shape index (κ1) is 24.5. The summed E-state index contributed by atoms with van der Waals surface area (Å²) < 4.78 is 10.6. The lowest BCUT2D eigenvalue weighted by Crippen LogP contribution is -2.16. The topological polar surface area (TPSA) is 47.6 Å². The molecule has 4 aromatic rings. The monoisotopic (exact) mass is 469 g/mol. The number of aryl methyl sites for hydroxylation is 1. The van der Waals surface area contributed by atoms with Gasteiger partial charge in [-0.3, -0.25) is 0 Å². The van der Waals surface area contributed by atoms with E-state index in [1.165, 1.54) is 29.0 Å². The van der Waals surface area contributed by atoms with Crippen molar-refractivity contribution in [3.8, 4) is 5.75 Å². The second-order valence-electron chi connectivity index (χ2n) is 8.87. The number of hydrogen-bond acceptors (Lipinski definition) is 4. The molecule has 182 valence electrons. The fourth-order valence-electron chi connectivity index (χ4n) is 4.66. The normalized spacial score (nSPS) is 15.3. The fraction of sp³-hybridized carbons (Fsp3) is 0.258. The molecule has 0 aromatic heterocycles. The van der Waals surface area contributed by atoms with Crippen LogP contribution in [0.5, 0.6) is 5.75 Å². The molecule has 0 radical (unpaired) electrons. The van der Waals surface area contributed by atoms with Gasteiger partial charge < -0.3 is 14.8 Å². The van der Waals surface area contributed by atoms with Crippen LogP contribution in [-0.4, -0.2) is 26.7 Å². The molecule has 5 rings (SSSR count). The number of nitrogens with one attached hydrogen (secondary N) is 1. The highest BCUT2D eigenvalue weighted by molar-refractivity contribution is 5.91. The molecule has 1 aliphatic rings. The van der Waals surface area contributed by atoms with E-state index in [1.807, 2.05) is 44.3 Å². The van der Waals surface area contributed by atoms with Crippen LogP contribution in [0.4, 0.5) is 0 Å². The predicted molar refractivity (Wildman–Crippen MR) is 144 cm³/mol. The second kappa shape index (κ2) is 11.2. The average molecular weight is 470 g/mol. The summed E-state index contributed by atoms with van der Waals surface area (Å²) >= 11 is 0. The SMILES string of the molecule is CN[C@H](C)c1cccc2ccccc12.COC(=O)c1cc([C@H]2CCOc3ccccc32)ccc1C.[HH]. The molecular weight excluding hydrogens is 434 g/mol. The number of fused-ring (bicyclic) bond motifs is 2. The number of esters is 1. The fourth-order valence-corrected chi connectivity index (χ4v) is 4.66. The number of rotatable bonds is 4. The minimum atomic E-state index is -0.283. The largest absolute Gasteiger partial charge is 0.493 e. The lowest BCUT2D eigenvalue weighted by atomic mass is 9.85. The van der Waals surface area contributed by atoms with E-state index in [1.54, 1.807) is 0 Å².